The van der Waals surface area contributed by atoms with Crippen molar-refractivity contribution in [1.82, 2.24) is 4.90 Å². The Morgan fingerprint density at radius 2 is 1.86 bits per heavy atom. The monoisotopic (exact) mass is 297 g/mol. The van der Waals surface area contributed by atoms with Crippen LogP contribution in [0.25, 0.3) is 0 Å². The minimum absolute atomic E-state index is 0.260. The molecule has 21 heavy (non-hydrogen) atoms. The van der Waals surface area contributed by atoms with Crippen LogP contribution >= 0.6 is 0 Å². The van der Waals surface area contributed by atoms with E-state index in [-0.39, 0.29) is 11.8 Å². The Balaban J connectivity index is 1.85. The van der Waals surface area contributed by atoms with Gasteiger partial charge in [0.1, 0.15) is 0 Å². The molecule has 0 aromatic heterocycles. The van der Waals surface area contributed by atoms with Crippen LogP contribution < -0.4 is 0 Å². The highest BCUT2D eigenvalue weighted by atomic mass is 16.4. The second-order valence-corrected chi connectivity index (χ2v) is 6.80. The van der Waals surface area contributed by atoms with Crippen LogP contribution in [0.15, 0.2) is 0 Å². The first-order chi connectivity index (χ1) is 10.1. The van der Waals surface area contributed by atoms with Crippen LogP contribution in [0, 0.1) is 17.8 Å². The van der Waals surface area contributed by atoms with E-state index < -0.39 is 13.1 Å². The van der Waals surface area contributed by atoms with Crippen LogP contribution in [0.5, 0.6) is 0 Å². The zero-order chi connectivity index (χ0) is 15.2. The SMILES string of the molecule is O=C(O)[C@H]1C[C@H](CCB(O)O)CC[C@H]1CN1CCCCC1. The number of hydrogen-bond donors (Lipinski definition) is 3. The zero-order valence-corrected chi connectivity index (χ0v) is 12.8. The summed E-state index contributed by atoms with van der Waals surface area (Å²) in [5.41, 5.74) is 0. The topological polar surface area (TPSA) is 81.0 Å². The summed E-state index contributed by atoms with van der Waals surface area (Å²) in [4.78, 5) is 14.0. The third kappa shape index (κ3) is 5.27. The van der Waals surface area contributed by atoms with Crippen LogP contribution in [0.3, 0.4) is 0 Å². The standard InChI is InChI=1S/C15H28BNO4/c18-15(19)14-10-12(6-7-16(20)21)4-5-13(14)11-17-8-2-1-3-9-17/h12-14,20-21H,1-11H2,(H,18,19)/t12-,13-,14-/m0/s1. The molecule has 0 spiro atoms. The molecule has 0 aromatic rings. The quantitative estimate of drug-likeness (QED) is 0.647. The van der Waals surface area contributed by atoms with Crippen molar-refractivity contribution in [2.24, 2.45) is 17.8 Å². The summed E-state index contributed by atoms with van der Waals surface area (Å²) in [7, 11) is -1.26. The molecule has 0 unspecified atom stereocenters. The first-order valence-electron chi connectivity index (χ1n) is 8.37. The molecule has 2 rings (SSSR count). The zero-order valence-electron chi connectivity index (χ0n) is 12.8. The van der Waals surface area contributed by atoms with Crippen LogP contribution in [-0.4, -0.2) is 52.8 Å². The van der Waals surface area contributed by atoms with Crippen molar-refractivity contribution in [2.75, 3.05) is 19.6 Å². The third-order valence-corrected chi connectivity index (χ3v) is 5.19. The van der Waals surface area contributed by atoms with E-state index in [4.69, 9.17) is 10.0 Å². The molecule has 120 valence electrons. The number of hydrogen-bond acceptors (Lipinski definition) is 4. The molecule has 2 aliphatic rings. The normalized spacial score (nSPS) is 31.0. The number of carboxylic acid groups (broad SMARTS) is 1. The molecular weight excluding hydrogens is 269 g/mol. The van der Waals surface area contributed by atoms with Gasteiger partial charge in [0.2, 0.25) is 0 Å². The summed E-state index contributed by atoms with van der Waals surface area (Å²) in [5.74, 6) is -0.353. The number of likely N-dealkylation sites (tertiary alicyclic amines) is 1. The highest BCUT2D eigenvalue weighted by Gasteiger charge is 2.36. The molecule has 3 N–H and O–H groups in total. The van der Waals surface area contributed by atoms with E-state index in [1.807, 2.05) is 0 Å². The Kier molecular flexibility index (Phi) is 6.52. The summed E-state index contributed by atoms with van der Waals surface area (Å²) >= 11 is 0. The van der Waals surface area contributed by atoms with Gasteiger partial charge in [0.25, 0.3) is 0 Å². The number of nitrogens with zero attached hydrogens (tertiary/aromatic N) is 1. The van der Waals surface area contributed by atoms with Gasteiger partial charge in [-0.15, -0.1) is 0 Å². The first-order valence-corrected chi connectivity index (χ1v) is 8.37. The lowest BCUT2D eigenvalue weighted by Crippen LogP contribution is -2.41. The number of carboxylic acids is 1. The van der Waals surface area contributed by atoms with E-state index in [0.29, 0.717) is 18.7 Å². The molecule has 1 saturated carbocycles. The number of rotatable bonds is 6. The smallest absolute Gasteiger partial charge is 0.451 e. The largest absolute Gasteiger partial charge is 0.481 e. The molecule has 1 aliphatic carbocycles. The third-order valence-electron chi connectivity index (χ3n) is 5.19. The van der Waals surface area contributed by atoms with Gasteiger partial charge < -0.3 is 20.1 Å². The Labute approximate surface area is 127 Å². The lowest BCUT2D eigenvalue weighted by Gasteiger charge is -2.38. The number of aliphatic carboxylic acids is 1. The fraction of sp³-hybridized carbons (Fsp3) is 0.933. The summed E-state index contributed by atoms with van der Waals surface area (Å²) in [6, 6.07) is 0. The maximum Gasteiger partial charge on any atom is 0.451 e. The molecule has 0 bridgehead atoms. The minimum Gasteiger partial charge on any atom is -0.481 e. The highest BCUT2D eigenvalue weighted by Crippen LogP contribution is 2.37. The Morgan fingerprint density at radius 1 is 1.14 bits per heavy atom. The van der Waals surface area contributed by atoms with E-state index >= 15 is 0 Å². The lowest BCUT2D eigenvalue weighted by atomic mass is 9.69. The van der Waals surface area contributed by atoms with Crippen molar-refractivity contribution in [3.8, 4) is 0 Å². The molecule has 0 amide bonds. The van der Waals surface area contributed by atoms with Crippen molar-refractivity contribution < 1.29 is 19.9 Å². The van der Waals surface area contributed by atoms with Gasteiger partial charge in [-0.2, -0.15) is 0 Å². The van der Waals surface area contributed by atoms with E-state index in [2.05, 4.69) is 4.90 Å². The van der Waals surface area contributed by atoms with Gasteiger partial charge in [0, 0.05) is 6.54 Å². The fourth-order valence-corrected chi connectivity index (χ4v) is 3.96. The molecule has 1 saturated heterocycles. The molecular formula is C15H28BNO4. The van der Waals surface area contributed by atoms with Gasteiger partial charge in [-0.1, -0.05) is 19.3 Å². The Hall–Kier alpha value is -0.585. The first kappa shape index (κ1) is 16.8. The molecule has 2 fully saturated rings. The van der Waals surface area contributed by atoms with Crippen molar-refractivity contribution in [1.29, 1.82) is 0 Å². The van der Waals surface area contributed by atoms with Gasteiger partial charge >= 0.3 is 13.1 Å². The molecule has 6 heteroatoms. The second-order valence-electron chi connectivity index (χ2n) is 6.80. The summed E-state index contributed by atoms with van der Waals surface area (Å²) in [6.45, 7) is 3.15. The average Bonchev–Trinajstić information content (AvgIpc) is 2.47. The number of piperidine rings is 1. The molecule has 5 nitrogen and oxygen atoms in total. The Morgan fingerprint density at radius 3 is 2.48 bits per heavy atom. The maximum absolute atomic E-state index is 11.6. The van der Waals surface area contributed by atoms with Crippen molar-refractivity contribution in [3.05, 3.63) is 0 Å². The minimum atomic E-state index is -1.26. The van der Waals surface area contributed by atoms with Gasteiger partial charge in [-0.3, -0.25) is 4.79 Å². The summed E-state index contributed by atoms with van der Waals surface area (Å²) in [6.07, 6.45) is 7.53. The van der Waals surface area contributed by atoms with Crippen LogP contribution in [-0.2, 0) is 4.79 Å². The van der Waals surface area contributed by atoms with Crippen LogP contribution in [0.1, 0.15) is 44.9 Å². The van der Waals surface area contributed by atoms with E-state index in [9.17, 15) is 9.90 Å². The molecule has 3 atom stereocenters. The van der Waals surface area contributed by atoms with Crippen molar-refractivity contribution in [3.63, 3.8) is 0 Å². The molecule has 1 heterocycles. The molecule has 0 radical (unpaired) electrons. The van der Waals surface area contributed by atoms with Gasteiger partial charge in [-0.25, -0.2) is 0 Å². The van der Waals surface area contributed by atoms with Gasteiger partial charge in [0.05, 0.1) is 5.92 Å². The van der Waals surface area contributed by atoms with Crippen LogP contribution in [0.2, 0.25) is 6.32 Å². The van der Waals surface area contributed by atoms with E-state index in [1.165, 1.54) is 19.3 Å². The van der Waals surface area contributed by atoms with E-state index in [1.54, 1.807) is 0 Å². The predicted octanol–water partition coefficient (Wildman–Crippen LogP) is 1.45. The Bertz CT molecular complexity index is 334. The lowest BCUT2D eigenvalue weighted by molar-refractivity contribution is -0.146. The van der Waals surface area contributed by atoms with E-state index in [0.717, 1.165) is 38.9 Å². The highest BCUT2D eigenvalue weighted by molar-refractivity contribution is 6.40. The second kappa shape index (κ2) is 8.15. The van der Waals surface area contributed by atoms with Crippen molar-refractivity contribution >= 4 is 13.1 Å². The predicted molar refractivity (Wildman–Crippen MR) is 81.9 cm³/mol. The number of carbonyl (C=O) groups is 1. The van der Waals surface area contributed by atoms with Crippen molar-refractivity contribution in [2.45, 2.75) is 51.3 Å². The average molecular weight is 297 g/mol. The summed E-state index contributed by atoms with van der Waals surface area (Å²) in [5, 5.41) is 27.4. The maximum atomic E-state index is 11.6. The molecule has 1 aliphatic heterocycles. The fourth-order valence-electron chi connectivity index (χ4n) is 3.96. The van der Waals surface area contributed by atoms with Crippen LogP contribution in [0.4, 0.5) is 0 Å². The van der Waals surface area contributed by atoms with Gasteiger partial charge in [0.15, 0.2) is 0 Å². The molecule has 0 aromatic carbocycles. The van der Waals surface area contributed by atoms with Gasteiger partial charge in [-0.05, 0) is 56.9 Å². The summed E-state index contributed by atoms with van der Waals surface area (Å²) < 4.78 is 0.